The van der Waals surface area contributed by atoms with E-state index in [0.717, 1.165) is 21.1 Å². The summed E-state index contributed by atoms with van der Waals surface area (Å²) in [5.41, 5.74) is 6.18. The molecule has 0 saturated heterocycles. The molecule has 0 radical (unpaired) electrons. The van der Waals surface area contributed by atoms with Crippen LogP contribution in [0.1, 0.15) is 6.42 Å². The molecule has 1 aliphatic heterocycles. The van der Waals surface area contributed by atoms with E-state index >= 15 is 0 Å². The highest BCUT2D eigenvalue weighted by atomic mass is 32.2. The van der Waals surface area contributed by atoms with Crippen molar-refractivity contribution >= 4 is 17.4 Å². The molecule has 80 valence electrons. The largest absolute Gasteiger partial charge is 0.497 e. The predicted molar refractivity (Wildman–Crippen MR) is 59.6 cm³/mol. The molecule has 0 amide bonds. The predicted octanol–water partition coefficient (Wildman–Crippen LogP) is 1.89. The second-order valence-electron chi connectivity index (χ2n) is 3.31. The van der Waals surface area contributed by atoms with Crippen LogP contribution < -0.4 is 10.5 Å². The van der Waals surface area contributed by atoms with Gasteiger partial charge in [-0.05, 0) is 24.4 Å². The van der Waals surface area contributed by atoms with Gasteiger partial charge in [-0.25, -0.2) is 0 Å². The molecule has 1 aromatic rings. The summed E-state index contributed by atoms with van der Waals surface area (Å²) in [6.45, 7) is 0.529. The third-order valence-electron chi connectivity index (χ3n) is 2.34. The second-order valence-corrected chi connectivity index (χ2v) is 4.53. The Bertz CT molecular complexity index is 395. The summed E-state index contributed by atoms with van der Waals surface area (Å²) in [6, 6.07) is 5.49. The zero-order chi connectivity index (χ0) is 10.8. The molecular formula is C10H13N2O2S+. The van der Waals surface area contributed by atoms with Crippen LogP contribution in [0.2, 0.25) is 0 Å². The number of hydrogen-bond acceptors (Lipinski definition) is 4. The minimum absolute atomic E-state index is 0.0860. The van der Waals surface area contributed by atoms with Gasteiger partial charge in [0.05, 0.1) is 16.8 Å². The monoisotopic (exact) mass is 225 g/mol. The molecule has 1 aliphatic rings. The zero-order valence-corrected chi connectivity index (χ0v) is 9.29. The fourth-order valence-electron chi connectivity index (χ4n) is 1.57. The van der Waals surface area contributed by atoms with Crippen LogP contribution in [0, 0.1) is 4.91 Å². The van der Waals surface area contributed by atoms with Gasteiger partial charge in [0.15, 0.2) is 0 Å². The maximum Gasteiger partial charge on any atom is 0.271 e. The molecule has 5 heteroatoms. The molecular weight excluding hydrogens is 212 g/mol. The maximum absolute atomic E-state index is 11.8. The molecule has 0 saturated carbocycles. The summed E-state index contributed by atoms with van der Waals surface area (Å²) in [6.07, 6.45) is 0.700. The number of hydrogen-bond donors (Lipinski definition) is 1. The lowest BCUT2D eigenvalue weighted by Crippen LogP contribution is -2.16. The summed E-state index contributed by atoms with van der Waals surface area (Å²) >= 11 is 1.55. The van der Waals surface area contributed by atoms with Gasteiger partial charge in [0, 0.05) is 23.5 Å². The van der Waals surface area contributed by atoms with Gasteiger partial charge in [0.1, 0.15) is 5.75 Å². The van der Waals surface area contributed by atoms with Crippen molar-refractivity contribution in [1.82, 2.24) is 0 Å². The van der Waals surface area contributed by atoms with E-state index in [0.29, 0.717) is 13.0 Å². The van der Waals surface area contributed by atoms with Gasteiger partial charge in [0.25, 0.3) is 11.1 Å². The third kappa shape index (κ3) is 1.85. The molecule has 1 aromatic carbocycles. The highest BCUT2D eigenvalue weighted by molar-refractivity contribution is 8.00. The number of thioether (sulfide) groups is 1. The fourth-order valence-corrected chi connectivity index (χ4v) is 2.79. The first kappa shape index (κ1) is 10.4. The van der Waals surface area contributed by atoms with Crippen molar-refractivity contribution in [2.24, 2.45) is 5.73 Å². The fraction of sp³-hybridized carbons (Fsp3) is 0.400. The van der Waals surface area contributed by atoms with Crippen molar-refractivity contribution in [2.45, 2.75) is 16.7 Å². The molecule has 0 spiro atoms. The van der Waals surface area contributed by atoms with E-state index < -0.39 is 0 Å². The van der Waals surface area contributed by atoms with Crippen LogP contribution in [0.25, 0.3) is 0 Å². The highest BCUT2D eigenvalue weighted by Crippen LogP contribution is 2.44. The Labute approximate surface area is 92.4 Å². The van der Waals surface area contributed by atoms with Crippen molar-refractivity contribution in [3.8, 4) is 5.75 Å². The standard InChI is InChI=1S/C10H13N2O2S/c1-14-7-2-3-8-9(6-7)15-10(4-5-11)12(8)13/h2-3,6,10H,4-5,11H2,1H3/q+1. The molecule has 0 bridgehead atoms. The van der Waals surface area contributed by atoms with Crippen molar-refractivity contribution in [3.05, 3.63) is 23.1 Å². The first-order valence-electron chi connectivity index (χ1n) is 4.77. The average Bonchev–Trinajstić information content (AvgIpc) is 2.56. The smallest absolute Gasteiger partial charge is 0.271 e. The van der Waals surface area contributed by atoms with Crippen molar-refractivity contribution < 1.29 is 9.50 Å². The number of fused-ring (bicyclic) bond motifs is 1. The van der Waals surface area contributed by atoms with Crippen LogP contribution in [0.5, 0.6) is 5.75 Å². The number of nitrogens with zero attached hydrogens (tertiary/aromatic N) is 1. The molecule has 1 unspecified atom stereocenters. The molecule has 0 aromatic heterocycles. The molecule has 0 aliphatic carbocycles. The normalized spacial score (nSPS) is 19.1. The number of ether oxygens (including phenoxy) is 1. The van der Waals surface area contributed by atoms with E-state index in [-0.39, 0.29) is 5.37 Å². The summed E-state index contributed by atoms with van der Waals surface area (Å²) < 4.78 is 6.15. The van der Waals surface area contributed by atoms with Crippen LogP contribution >= 0.6 is 11.8 Å². The Balaban J connectivity index is 2.28. The number of methoxy groups -OCH3 is 1. The van der Waals surface area contributed by atoms with Crippen molar-refractivity contribution in [2.75, 3.05) is 13.7 Å². The van der Waals surface area contributed by atoms with Gasteiger partial charge in [0.2, 0.25) is 0 Å². The SMILES string of the molecule is COc1ccc2c(c1)SC(CCN)[N+]2=O. The van der Waals surface area contributed by atoms with Gasteiger partial charge >= 0.3 is 0 Å². The lowest BCUT2D eigenvalue weighted by molar-refractivity contribution is -0.476. The van der Waals surface area contributed by atoms with E-state index in [9.17, 15) is 4.91 Å². The molecule has 4 nitrogen and oxygen atoms in total. The topological polar surface area (TPSA) is 55.3 Å². The number of nitroso groups, excluding NO2 is 1. The minimum Gasteiger partial charge on any atom is -0.497 e. The number of nitrogens with two attached hydrogens (primary N) is 1. The van der Waals surface area contributed by atoms with Crippen LogP contribution in [-0.2, 0) is 0 Å². The second kappa shape index (κ2) is 4.20. The van der Waals surface area contributed by atoms with Gasteiger partial charge in [-0.15, -0.1) is 0 Å². The van der Waals surface area contributed by atoms with E-state index in [1.807, 2.05) is 6.07 Å². The summed E-state index contributed by atoms with van der Waals surface area (Å²) in [5, 5.41) is -0.0860. The Kier molecular flexibility index (Phi) is 2.93. The maximum atomic E-state index is 11.8. The summed E-state index contributed by atoms with van der Waals surface area (Å²) in [7, 11) is 1.62. The van der Waals surface area contributed by atoms with Crippen LogP contribution in [-0.4, -0.2) is 23.8 Å². The van der Waals surface area contributed by atoms with Crippen molar-refractivity contribution in [3.63, 3.8) is 0 Å². The third-order valence-corrected chi connectivity index (χ3v) is 3.62. The van der Waals surface area contributed by atoms with Crippen LogP contribution in [0.15, 0.2) is 23.1 Å². The van der Waals surface area contributed by atoms with E-state index in [4.69, 9.17) is 10.5 Å². The van der Waals surface area contributed by atoms with Crippen LogP contribution in [0.3, 0.4) is 0 Å². The molecule has 2 rings (SSSR count). The lowest BCUT2D eigenvalue weighted by atomic mass is 10.3. The quantitative estimate of drug-likeness (QED) is 0.798. The van der Waals surface area contributed by atoms with Gasteiger partial charge in [-0.3, -0.25) is 0 Å². The Hall–Kier alpha value is -1.07. The summed E-state index contributed by atoms with van der Waals surface area (Å²) in [5.74, 6) is 0.781. The van der Waals surface area contributed by atoms with Gasteiger partial charge in [-0.1, -0.05) is 0 Å². The van der Waals surface area contributed by atoms with Gasteiger partial charge < -0.3 is 10.5 Å². The Morgan fingerprint density at radius 2 is 2.40 bits per heavy atom. The Morgan fingerprint density at radius 3 is 3.07 bits per heavy atom. The molecule has 0 fully saturated rings. The lowest BCUT2D eigenvalue weighted by Gasteiger charge is -1.97. The van der Waals surface area contributed by atoms with E-state index in [1.54, 1.807) is 31.0 Å². The van der Waals surface area contributed by atoms with Crippen LogP contribution in [0.4, 0.5) is 5.69 Å². The first-order chi connectivity index (χ1) is 7.26. The molecule has 1 heterocycles. The molecule has 2 N–H and O–H groups in total. The minimum atomic E-state index is -0.0860. The van der Waals surface area contributed by atoms with E-state index in [1.165, 1.54) is 0 Å². The first-order valence-corrected chi connectivity index (χ1v) is 5.65. The summed E-state index contributed by atoms with van der Waals surface area (Å²) in [4.78, 5) is 12.8. The zero-order valence-electron chi connectivity index (χ0n) is 8.47. The number of benzene rings is 1. The average molecular weight is 225 g/mol. The van der Waals surface area contributed by atoms with Gasteiger partial charge in [-0.2, -0.15) is 0 Å². The van der Waals surface area contributed by atoms with Crippen molar-refractivity contribution in [1.29, 1.82) is 0 Å². The number of rotatable bonds is 3. The highest BCUT2D eigenvalue weighted by Gasteiger charge is 2.39. The molecule has 15 heavy (non-hydrogen) atoms. The van der Waals surface area contributed by atoms with E-state index in [2.05, 4.69) is 0 Å². The molecule has 1 atom stereocenters. The Morgan fingerprint density at radius 1 is 1.60 bits per heavy atom.